The number of nitrogens with one attached hydrogen (secondary N) is 1. The van der Waals surface area contributed by atoms with Gasteiger partial charge in [0.05, 0.1) is 18.4 Å². The summed E-state index contributed by atoms with van der Waals surface area (Å²) >= 11 is 0. The molecule has 0 aromatic heterocycles. The average molecular weight is 349 g/mol. The molecule has 23 heavy (non-hydrogen) atoms. The lowest BCUT2D eigenvalue weighted by Crippen LogP contribution is -2.51. The van der Waals surface area contributed by atoms with E-state index in [2.05, 4.69) is 5.32 Å². The zero-order chi connectivity index (χ0) is 17.8. The van der Waals surface area contributed by atoms with E-state index in [-0.39, 0.29) is 25.4 Å². The Morgan fingerprint density at radius 3 is 2.52 bits per heavy atom. The predicted molar refractivity (Wildman–Crippen MR) is 85.8 cm³/mol. The molecule has 8 nitrogen and oxygen atoms in total. The van der Waals surface area contributed by atoms with Crippen LogP contribution in [0.1, 0.15) is 39.5 Å². The van der Waals surface area contributed by atoms with Crippen LogP contribution in [0.2, 0.25) is 0 Å². The van der Waals surface area contributed by atoms with Gasteiger partial charge in [0.15, 0.2) is 0 Å². The first-order valence-corrected chi connectivity index (χ1v) is 9.61. The van der Waals surface area contributed by atoms with Crippen LogP contribution in [0.15, 0.2) is 0 Å². The highest BCUT2D eigenvalue weighted by Crippen LogP contribution is 2.21. The molecule has 1 saturated heterocycles. The Hall–Kier alpha value is -1.19. The summed E-state index contributed by atoms with van der Waals surface area (Å²) in [6.07, 6.45) is 1.10. The Morgan fingerprint density at radius 2 is 2.00 bits per heavy atom. The molecule has 1 fully saturated rings. The Kier molecular flexibility index (Phi) is 6.97. The normalized spacial score (nSPS) is 27.0. The Balaban J connectivity index is 2.91. The number of nitrogens with two attached hydrogens (primary N) is 1. The number of sulfonamides is 1. The quantitative estimate of drug-likeness (QED) is 0.574. The number of hydrogen-bond donors (Lipinski definition) is 3. The fourth-order valence-electron chi connectivity index (χ4n) is 2.65. The van der Waals surface area contributed by atoms with Gasteiger partial charge >= 0.3 is 0 Å². The van der Waals surface area contributed by atoms with Crippen molar-refractivity contribution in [2.45, 2.75) is 57.7 Å². The summed E-state index contributed by atoms with van der Waals surface area (Å²) in [6, 6.07) is -0.653. The van der Waals surface area contributed by atoms with Crippen LogP contribution < -0.4 is 11.1 Å². The van der Waals surface area contributed by atoms with Gasteiger partial charge in [-0.25, -0.2) is 12.7 Å². The lowest BCUT2D eigenvalue weighted by Gasteiger charge is -2.32. The number of hydrogen-bond acceptors (Lipinski definition) is 6. The third kappa shape index (κ3) is 5.74. The maximum atomic E-state index is 12.4. The molecule has 0 saturated carbocycles. The number of primary amides is 1. The minimum absolute atomic E-state index is 0.108. The van der Waals surface area contributed by atoms with Crippen LogP contribution in [0.25, 0.3) is 0 Å². The van der Waals surface area contributed by atoms with Gasteiger partial charge in [-0.2, -0.15) is 0 Å². The van der Waals surface area contributed by atoms with Crippen molar-refractivity contribution >= 4 is 21.8 Å². The monoisotopic (exact) mass is 349 g/mol. The van der Waals surface area contributed by atoms with Crippen LogP contribution in [0.4, 0.5) is 0 Å². The molecule has 1 aliphatic heterocycles. The van der Waals surface area contributed by atoms with E-state index in [9.17, 15) is 23.1 Å². The van der Waals surface area contributed by atoms with E-state index in [0.29, 0.717) is 12.8 Å². The lowest BCUT2D eigenvalue weighted by atomic mass is 10.0. The molecule has 2 amide bonds. The summed E-state index contributed by atoms with van der Waals surface area (Å²) in [5, 5.41) is 13.3. The third-order valence-corrected chi connectivity index (χ3v) is 5.39. The summed E-state index contributed by atoms with van der Waals surface area (Å²) < 4.78 is 24.9. The van der Waals surface area contributed by atoms with Crippen molar-refractivity contribution in [3.8, 4) is 0 Å². The maximum absolute atomic E-state index is 12.4. The van der Waals surface area contributed by atoms with E-state index in [1.54, 1.807) is 6.92 Å². The number of carbonyl (C=O) groups excluding carboxylic acids is 2. The molecule has 0 spiro atoms. The number of aliphatic hydroxyl groups excluding tert-OH is 1. The number of amides is 2. The lowest BCUT2D eigenvalue weighted by molar-refractivity contribution is -0.130. The molecule has 1 rings (SSSR count). The van der Waals surface area contributed by atoms with Crippen molar-refractivity contribution in [1.82, 2.24) is 9.62 Å². The van der Waals surface area contributed by atoms with Gasteiger partial charge in [0, 0.05) is 24.9 Å². The standard InChI is InChI=1S/C14H27N3O5S/c1-9(14(15)20)4-7-13(19)17(23(3,21)22)11-6-5-10(2)16-8-12(11)18/h9-12,16,18H,4-8H2,1-3H3,(H2,15,20)/t9-,10+,11-,12-/m0/s1. The van der Waals surface area contributed by atoms with Crippen LogP contribution in [-0.2, 0) is 19.6 Å². The molecule has 1 heterocycles. The molecule has 4 N–H and O–H groups in total. The number of β-amino-alcohol motifs (C(OH)–C–C–N with tert-alkyl or cyclic N) is 1. The van der Waals surface area contributed by atoms with E-state index in [1.807, 2.05) is 6.92 Å². The van der Waals surface area contributed by atoms with Gasteiger partial charge in [0.1, 0.15) is 0 Å². The fourth-order valence-corrected chi connectivity index (χ4v) is 3.85. The molecule has 0 aromatic rings. The smallest absolute Gasteiger partial charge is 0.236 e. The zero-order valence-corrected chi connectivity index (χ0v) is 14.7. The average Bonchev–Trinajstić information content (AvgIpc) is 2.58. The number of rotatable bonds is 6. The van der Waals surface area contributed by atoms with Gasteiger partial charge in [-0.05, 0) is 26.2 Å². The molecular weight excluding hydrogens is 322 g/mol. The third-order valence-electron chi connectivity index (χ3n) is 4.20. The van der Waals surface area contributed by atoms with Gasteiger partial charge in [-0.3, -0.25) is 9.59 Å². The molecule has 0 radical (unpaired) electrons. The zero-order valence-electron chi connectivity index (χ0n) is 13.9. The van der Waals surface area contributed by atoms with Crippen LogP contribution in [0.3, 0.4) is 0 Å². The summed E-state index contributed by atoms with van der Waals surface area (Å²) in [5.41, 5.74) is 5.15. The highest BCUT2D eigenvalue weighted by molar-refractivity contribution is 7.88. The van der Waals surface area contributed by atoms with Gasteiger partial charge in [0.2, 0.25) is 21.8 Å². The molecule has 0 unspecified atom stereocenters. The van der Waals surface area contributed by atoms with Gasteiger partial charge < -0.3 is 16.2 Å². The number of aliphatic hydroxyl groups is 1. The fraction of sp³-hybridized carbons (Fsp3) is 0.857. The molecule has 9 heteroatoms. The first kappa shape index (κ1) is 19.9. The first-order chi connectivity index (χ1) is 10.5. The largest absolute Gasteiger partial charge is 0.390 e. The summed E-state index contributed by atoms with van der Waals surface area (Å²) in [5.74, 6) is -1.66. The molecule has 0 bridgehead atoms. The minimum atomic E-state index is -3.82. The Labute approximate surface area is 137 Å². The van der Waals surface area contributed by atoms with Crippen LogP contribution >= 0.6 is 0 Å². The van der Waals surface area contributed by atoms with E-state index in [1.165, 1.54) is 0 Å². The van der Waals surface area contributed by atoms with Crippen molar-refractivity contribution in [2.24, 2.45) is 11.7 Å². The highest BCUT2D eigenvalue weighted by Gasteiger charge is 2.37. The van der Waals surface area contributed by atoms with Crippen molar-refractivity contribution in [2.75, 3.05) is 12.8 Å². The number of carbonyl (C=O) groups is 2. The number of nitrogens with zero attached hydrogens (tertiary/aromatic N) is 1. The second-order valence-corrected chi connectivity index (χ2v) is 8.18. The van der Waals surface area contributed by atoms with Crippen molar-refractivity contribution in [1.29, 1.82) is 0 Å². The second kappa shape index (κ2) is 8.07. The summed E-state index contributed by atoms with van der Waals surface area (Å²) in [6.45, 7) is 3.76. The molecular formula is C14H27N3O5S. The Morgan fingerprint density at radius 1 is 1.39 bits per heavy atom. The maximum Gasteiger partial charge on any atom is 0.236 e. The topological polar surface area (TPSA) is 130 Å². The van der Waals surface area contributed by atoms with E-state index in [0.717, 1.165) is 10.6 Å². The van der Waals surface area contributed by atoms with Gasteiger partial charge in [0.25, 0.3) is 0 Å². The Bertz CT molecular complexity index is 537. The summed E-state index contributed by atoms with van der Waals surface area (Å²) in [7, 11) is -3.82. The van der Waals surface area contributed by atoms with Crippen LogP contribution in [0, 0.1) is 5.92 Å². The highest BCUT2D eigenvalue weighted by atomic mass is 32.2. The molecule has 4 atom stereocenters. The second-order valence-electron chi connectivity index (χ2n) is 6.32. The molecule has 134 valence electrons. The van der Waals surface area contributed by atoms with Crippen LogP contribution in [0.5, 0.6) is 0 Å². The van der Waals surface area contributed by atoms with Gasteiger partial charge in [-0.1, -0.05) is 6.92 Å². The first-order valence-electron chi connectivity index (χ1n) is 7.77. The molecule has 0 aromatic carbocycles. The minimum Gasteiger partial charge on any atom is -0.390 e. The predicted octanol–water partition coefficient (Wildman–Crippen LogP) is -0.822. The van der Waals surface area contributed by atoms with E-state index < -0.39 is 39.9 Å². The SMILES string of the molecule is C[C@@H]1CC[C@H](N(C(=O)CC[C@H](C)C(N)=O)S(C)(=O)=O)[C@@H](O)CN1. The van der Waals surface area contributed by atoms with Crippen molar-refractivity contribution < 1.29 is 23.1 Å². The van der Waals surface area contributed by atoms with Gasteiger partial charge in [-0.15, -0.1) is 0 Å². The molecule has 1 aliphatic rings. The van der Waals surface area contributed by atoms with E-state index >= 15 is 0 Å². The van der Waals surface area contributed by atoms with E-state index in [4.69, 9.17) is 5.73 Å². The summed E-state index contributed by atoms with van der Waals surface area (Å²) in [4.78, 5) is 23.5. The van der Waals surface area contributed by atoms with Crippen LogP contribution in [-0.4, -0.2) is 60.6 Å². The molecule has 0 aliphatic carbocycles. The van der Waals surface area contributed by atoms with Crippen molar-refractivity contribution in [3.05, 3.63) is 0 Å². The van der Waals surface area contributed by atoms with Crippen molar-refractivity contribution in [3.63, 3.8) is 0 Å².